The Morgan fingerprint density at radius 1 is 0.737 bits per heavy atom. The van der Waals surface area contributed by atoms with Crippen LogP contribution in [0, 0.1) is 6.92 Å². The van der Waals surface area contributed by atoms with Crippen molar-refractivity contribution in [3.63, 3.8) is 0 Å². The molecule has 0 unspecified atom stereocenters. The predicted octanol–water partition coefficient (Wildman–Crippen LogP) is 5.93. The van der Waals surface area contributed by atoms with Crippen molar-refractivity contribution in [2.24, 2.45) is 5.10 Å². The minimum Gasteiger partial charge on any atom is -0.493 e. The normalized spacial score (nSPS) is 10.7. The lowest BCUT2D eigenvalue weighted by molar-refractivity contribution is 0.0955. The summed E-state index contributed by atoms with van der Waals surface area (Å²) in [6.07, 6.45) is 1.55. The number of amides is 1. The standard InChI is InChI=1S/C31H30N2O5/c1-22-9-13-26(14-10-22)31(34)33-32-19-24-11-15-27(29(17-24)35-2)38-21-25-12-16-28(30(18-25)36-3)37-20-23-7-5-4-6-8-23/h4-19H,20-21H2,1-3H3,(H,33,34)/b32-19+. The quantitative estimate of drug-likeness (QED) is 0.200. The van der Waals surface area contributed by atoms with Gasteiger partial charge in [0.1, 0.15) is 13.2 Å². The third-order valence-electron chi connectivity index (χ3n) is 5.74. The summed E-state index contributed by atoms with van der Waals surface area (Å²) in [5, 5.41) is 4.05. The van der Waals surface area contributed by atoms with Crippen molar-refractivity contribution in [1.82, 2.24) is 5.43 Å². The van der Waals surface area contributed by atoms with Crippen LogP contribution in [-0.2, 0) is 13.2 Å². The number of ether oxygens (including phenoxy) is 4. The van der Waals surface area contributed by atoms with E-state index in [0.29, 0.717) is 41.8 Å². The van der Waals surface area contributed by atoms with Crippen LogP contribution in [0.15, 0.2) is 96.1 Å². The van der Waals surface area contributed by atoms with Crippen LogP contribution in [0.5, 0.6) is 23.0 Å². The molecule has 0 aliphatic heterocycles. The molecular weight excluding hydrogens is 480 g/mol. The monoisotopic (exact) mass is 510 g/mol. The highest BCUT2D eigenvalue weighted by molar-refractivity contribution is 5.94. The molecule has 0 aliphatic rings. The molecule has 7 heteroatoms. The van der Waals surface area contributed by atoms with E-state index < -0.39 is 0 Å². The van der Waals surface area contributed by atoms with Crippen molar-refractivity contribution < 1.29 is 23.7 Å². The fourth-order valence-electron chi connectivity index (χ4n) is 3.64. The molecule has 194 valence electrons. The average molecular weight is 511 g/mol. The van der Waals surface area contributed by atoms with Gasteiger partial charge in [0.05, 0.1) is 20.4 Å². The molecule has 0 fully saturated rings. The van der Waals surface area contributed by atoms with Gasteiger partial charge in [-0.2, -0.15) is 5.10 Å². The molecule has 1 amide bonds. The summed E-state index contributed by atoms with van der Waals surface area (Å²) < 4.78 is 23.0. The number of aryl methyl sites for hydroxylation is 1. The van der Waals surface area contributed by atoms with Crippen molar-refractivity contribution in [1.29, 1.82) is 0 Å². The number of benzene rings is 4. The summed E-state index contributed by atoms with van der Waals surface area (Å²) in [6.45, 7) is 2.73. The van der Waals surface area contributed by atoms with Gasteiger partial charge in [0.25, 0.3) is 5.91 Å². The van der Waals surface area contributed by atoms with E-state index in [1.165, 1.54) is 0 Å². The van der Waals surface area contributed by atoms with Gasteiger partial charge >= 0.3 is 0 Å². The van der Waals surface area contributed by atoms with Gasteiger partial charge in [-0.25, -0.2) is 5.43 Å². The number of hydrogen-bond donors (Lipinski definition) is 1. The van der Waals surface area contributed by atoms with Crippen LogP contribution >= 0.6 is 0 Å². The average Bonchev–Trinajstić information content (AvgIpc) is 2.96. The molecule has 0 saturated heterocycles. The summed E-state index contributed by atoms with van der Waals surface area (Å²) in [5.41, 5.74) is 6.91. The first-order valence-corrected chi connectivity index (χ1v) is 12.1. The lowest BCUT2D eigenvalue weighted by Crippen LogP contribution is -2.17. The van der Waals surface area contributed by atoms with E-state index in [9.17, 15) is 4.79 Å². The highest BCUT2D eigenvalue weighted by Gasteiger charge is 2.10. The highest BCUT2D eigenvalue weighted by Crippen LogP contribution is 2.31. The maximum atomic E-state index is 12.2. The molecule has 0 saturated carbocycles. The number of nitrogens with one attached hydrogen (secondary N) is 1. The topological polar surface area (TPSA) is 78.4 Å². The van der Waals surface area contributed by atoms with Gasteiger partial charge in [0.2, 0.25) is 0 Å². The second-order valence-corrected chi connectivity index (χ2v) is 8.52. The Kier molecular flexibility index (Phi) is 8.97. The van der Waals surface area contributed by atoms with Crippen LogP contribution in [0.3, 0.4) is 0 Å². The van der Waals surface area contributed by atoms with E-state index in [1.807, 2.05) is 73.7 Å². The van der Waals surface area contributed by atoms with Crippen LogP contribution < -0.4 is 24.4 Å². The maximum absolute atomic E-state index is 12.2. The molecule has 1 N–H and O–H groups in total. The van der Waals surface area contributed by atoms with E-state index in [1.54, 1.807) is 44.7 Å². The summed E-state index contributed by atoms with van der Waals surface area (Å²) in [6, 6.07) is 28.4. The first-order valence-electron chi connectivity index (χ1n) is 12.1. The molecule has 0 aliphatic carbocycles. The van der Waals surface area contributed by atoms with Gasteiger partial charge in [-0.1, -0.05) is 54.1 Å². The minimum atomic E-state index is -0.278. The van der Waals surface area contributed by atoms with Gasteiger partial charge in [-0.05, 0) is 66.1 Å². The Morgan fingerprint density at radius 2 is 1.37 bits per heavy atom. The number of methoxy groups -OCH3 is 2. The molecule has 4 aromatic rings. The SMILES string of the molecule is COc1cc(/C=N/NC(=O)c2ccc(C)cc2)ccc1OCc1ccc(OCc2ccccc2)c(OC)c1. The Balaban J connectivity index is 1.35. The van der Waals surface area contributed by atoms with E-state index in [4.69, 9.17) is 18.9 Å². The zero-order chi connectivity index (χ0) is 26.7. The largest absolute Gasteiger partial charge is 0.493 e. The number of rotatable bonds is 11. The van der Waals surface area contributed by atoms with E-state index >= 15 is 0 Å². The fraction of sp³-hybridized carbons (Fsp3) is 0.161. The molecule has 0 atom stereocenters. The van der Waals surface area contributed by atoms with Gasteiger partial charge in [0.15, 0.2) is 23.0 Å². The zero-order valence-electron chi connectivity index (χ0n) is 21.6. The number of carbonyl (C=O) groups is 1. The van der Waals surface area contributed by atoms with Crippen molar-refractivity contribution in [2.45, 2.75) is 20.1 Å². The lowest BCUT2D eigenvalue weighted by atomic mass is 10.1. The number of nitrogens with zero attached hydrogens (tertiary/aromatic N) is 1. The van der Waals surface area contributed by atoms with Crippen molar-refractivity contribution in [3.8, 4) is 23.0 Å². The molecule has 0 aromatic heterocycles. The van der Waals surface area contributed by atoms with Crippen LogP contribution in [0.2, 0.25) is 0 Å². The van der Waals surface area contributed by atoms with Crippen LogP contribution in [0.4, 0.5) is 0 Å². The van der Waals surface area contributed by atoms with E-state index in [-0.39, 0.29) is 5.91 Å². The summed E-state index contributed by atoms with van der Waals surface area (Å²) >= 11 is 0. The van der Waals surface area contributed by atoms with Gasteiger partial charge < -0.3 is 18.9 Å². The number of carbonyl (C=O) groups excluding carboxylic acids is 1. The fourth-order valence-corrected chi connectivity index (χ4v) is 3.64. The molecule has 4 aromatic carbocycles. The first kappa shape index (κ1) is 26.3. The van der Waals surface area contributed by atoms with Crippen molar-refractivity contribution in [2.75, 3.05) is 14.2 Å². The molecular formula is C31H30N2O5. The predicted molar refractivity (Wildman–Crippen MR) is 147 cm³/mol. The van der Waals surface area contributed by atoms with Crippen LogP contribution in [0.1, 0.15) is 32.6 Å². The molecule has 7 nitrogen and oxygen atoms in total. The Hall–Kier alpha value is -4.78. The minimum absolute atomic E-state index is 0.278. The van der Waals surface area contributed by atoms with Crippen LogP contribution in [0.25, 0.3) is 0 Å². The molecule has 0 bridgehead atoms. The Bertz CT molecular complexity index is 1390. The first-order chi connectivity index (χ1) is 18.6. The third kappa shape index (κ3) is 7.13. The smallest absolute Gasteiger partial charge is 0.271 e. The zero-order valence-corrected chi connectivity index (χ0v) is 21.6. The van der Waals surface area contributed by atoms with Gasteiger partial charge in [-0.3, -0.25) is 4.79 Å². The van der Waals surface area contributed by atoms with Crippen LogP contribution in [-0.4, -0.2) is 26.3 Å². The Morgan fingerprint density at radius 3 is 2.05 bits per heavy atom. The summed E-state index contributed by atoms with van der Waals surface area (Å²) in [5.74, 6) is 2.15. The second kappa shape index (κ2) is 13.0. The molecule has 0 spiro atoms. The number of hydrazone groups is 1. The molecule has 0 heterocycles. The molecule has 38 heavy (non-hydrogen) atoms. The molecule has 4 rings (SSSR count). The van der Waals surface area contributed by atoms with Crippen molar-refractivity contribution >= 4 is 12.1 Å². The van der Waals surface area contributed by atoms with Gasteiger partial charge in [0, 0.05) is 5.56 Å². The Labute approximate surface area is 222 Å². The van der Waals surface area contributed by atoms with Crippen molar-refractivity contribution in [3.05, 3.63) is 119 Å². The molecule has 0 radical (unpaired) electrons. The lowest BCUT2D eigenvalue weighted by Gasteiger charge is -2.14. The van der Waals surface area contributed by atoms with Gasteiger partial charge in [-0.15, -0.1) is 0 Å². The number of hydrogen-bond acceptors (Lipinski definition) is 6. The third-order valence-corrected chi connectivity index (χ3v) is 5.74. The summed E-state index contributed by atoms with van der Waals surface area (Å²) in [7, 11) is 3.19. The summed E-state index contributed by atoms with van der Waals surface area (Å²) in [4.78, 5) is 12.2. The maximum Gasteiger partial charge on any atom is 0.271 e. The highest BCUT2D eigenvalue weighted by atomic mass is 16.5. The van der Waals surface area contributed by atoms with E-state index in [0.717, 1.165) is 22.3 Å². The van der Waals surface area contributed by atoms with E-state index in [2.05, 4.69) is 10.5 Å². The second-order valence-electron chi connectivity index (χ2n) is 8.52.